The average molecular weight is 460 g/mol. The van der Waals surface area contributed by atoms with E-state index in [4.69, 9.17) is 21.1 Å². The molecule has 3 aromatic rings. The Hall–Kier alpha value is -3.36. The van der Waals surface area contributed by atoms with Crippen LogP contribution in [0.4, 0.5) is 5.69 Å². The first-order chi connectivity index (χ1) is 14.7. The summed E-state index contributed by atoms with van der Waals surface area (Å²) in [5.41, 5.74) is 0.308. The zero-order chi connectivity index (χ0) is 22.4. The first-order valence-corrected chi connectivity index (χ1v) is 11.3. The standard InChI is InChI=1S/C22H18ClNO6S/c1-31(27,28)18-10-11-19(23)20(13-18)24-21(25)14-29-22(26)15-6-5-9-17(12-15)30-16-7-3-2-4-8-16/h2-13H,14H2,1H3,(H,24,25). The van der Waals surface area contributed by atoms with Crippen LogP contribution in [0.2, 0.25) is 5.02 Å². The maximum absolute atomic E-state index is 12.3. The van der Waals surface area contributed by atoms with Gasteiger partial charge in [-0.2, -0.15) is 0 Å². The molecule has 1 N–H and O–H groups in total. The van der Waals surface area contributed by atoms with Gasteiger partial charge in [0, 0.05) is 6.26 Å². The summed E-state index contributed by atoms with van der Waals surface area (Å²) in [4.78, 5) is 24.4. The molecule has 1 amide bonds. The third-order valence-corrected chi connectivity index (χ3v) is 5.46. The Morgan fingerprint density at radius 3 is 2.35 bits per heavy atom. The van der Waals surface area contributed by atoms with E-state index < -0.39 is 28.3 Å². The number of carbonyl (C=O) groups excluding carboxylic acids is 2. The van der Waals surface area contributed by atoms with Gasteiger partial charge in [0.15, 0.2) is 16.4 Å². The highest BCUT2D eigenvalue weighted by atomic mass is 35.5. The molecule has 0 bridgehead atoms. The monoisotopic (exact) mass is 459 g/mol. The Labute approximate surface area is 184 Å². The third-order valence-electron chi connectivity index (χ3n) is 4.02. The number of amides is 1. The number of ether oxygens (including phenoxy) is 2. The summed E-state index contributed by atoms with van der Waals surface area (Å²) in [5.74, 6) is -0.336. The summed E-state index contributed by atoms with van der Waals surface area (Å²) in [6.45, 7) is -0.581. The first-order valence-electron chi connectivity index (χ1n) is 9.02. The Kier molecular flexibility index (Phi) is 6.94. The fraction of sp³-hybridized carbons (Fsp3) is 0.0909. The van der Waals surface area contributed by atoms with Crippen LogP contribution in [0.1, 0.15) is 10.4 Å². The second-order valence-corrected chi connectivity index (χ2v) is 8.90. The van der Waals surface area contributed by atoms with E-state index in [0.29, 0.717) is 11.5 Å². The third kappa shape index (κ3) is 6.31. The molecule has 0 aromatic heterocycles. The minimum absolute atomic E-state index is 0.000532. The number of hydrogen-bond donors (Lipinski definition) is 1. The van der Waals surface area contributed by atoms with Crippen LogP contribution in [0.5, 0.6) is 11.5 Å². The van der Waals surface area contributed by atoms with Gasteiger partial charge in [0.05, 0.1) is 21.2 Å². The molecule has 0 atom stereocenters. The van der Waals surface area contributed by atoms with Gasteiger partial charge in [0.2, 0.25) is 0 Å². The molecule has 3 aromatic carbocycles. The lowest BCUT2D eigenvalue weighted by atomic mass is 10.2. The predicted octanol–water partition coefficient (Wildman–Crippen LogP) is 4.33. The second kappa shape index (κ2) is 9.63. The zero-order valence-electron chi connectivity index (χ0n) is 16.4. The van der Waals surface area contributed by atoms with Gasteiger partial charge in [-0.3, -0.25) is 4.79 Å². The maximum Gasteiger partial charge on any atom is 0.338 e. The first kappa shape index (κ1) is 22.3. The van der Waals surface area contributed by atoms with Crippen molar-refractivity contribution in [3.8, 4) is 11.5 Å². The van der Waals surface area contributed by atoms with Crippen molar-refractivity contribution in [1.82, 2.24) is 0 Å². The Morgan fingerprint density at radius 1 is 0.935 bits per heavy atom. The molecule has 7 nitrogen and oxygen atoms in total. The maximum atomic E-state index is 12.3. The van der Waals surface area contributed by atoms with E-state index >= 15 is 0 Å². The Morgan fingerprint density at radius 2 is 1.65 bits per heavy atom. The van der Waals surface area contributed by atoms with E-state index in [1.165, 1.54) is 30.3 Å². The van der Waals surface area contributed by atoms with Crippen molar-refractivity contribution in [2.24, 2.45) is 0 Å². The normalized spacial score (nSPS) is 10.9. The lowest BCUT2D eigenvalue weighted by Crippen LogP contribution is -2.21. The highest BCUT2D eigenvalue weighted by Gasteiger charge is 2.15. The molecular formula is C22H18ClNO6S. The van der Waals surface area contributed by atoms with Gasteiger partial charge in [-0.25, -0.2) is 13.2 Å². The summed E-state index contributed by atoms with van der Waals surface area (Å²) in [6, 6.07) is 19.3. The Balaban J connectivity index is 1.61. The van der Waals surface area contributed by atoms with Crippen LogP contribution in [-0.4, -0.2) is 33.2 Å². The number of nitrogens with one attached hydrogen (secondary N) is 1. The van der Waals surface area contributed by atoms with Crippen molar-refractivity contribution in [1.29, 1.82) is 0 Å². The van der Waals surface area contributed by atoms with Gasteiger partial charge in [-0.15, -0.1) is 0 Å². The number of hydrogen-bond acceptors (Lipinski definition) is 6. The molecule has 0 saturated heterocycles. The molecule has 0 aliphatic heterocycles. The number of sulfone groups is 1. The number of benzene rings is 3. The van der Waals surface area contributed by atoms with Gasteiger partial charge < -0.3 is 14.8 Å². The lowest BCUT2D eigenvalue weighted by molar-refractivity contribution is -0.119. The molecule has 0 aliphatic carbocycles. The van der Waals surface area contributed by atoms with Crippen molar-refractivity contribution in [2.45, 2.75) is 4.90 Å². The number of halogens is 1. The van der Waals surface area contributed by atoms with Crippen LogP contribution in [-0.2, 0) is 19.4 Å². The van der Waals surface area contributed by atoms with Crippen LogP contribution in [0.15, 0.2) is 77.7 Å². The van der Waals surface area contributed by atoms with Crippen LogP contribution >= 0.6 is 11.6 Å². The van der Waals surface area contributed by atoms with Gasteiger partial charge in [-0.1, -0.05) is 35.9 Å². The molecule has 0 aliphatic rings. The van der Waals surface area contributed by atoms with E-state index in [1.807, 2.05) is 18.2 Å². The molecule has 0 spiro atoms. The van der Waals surface area contributed by atoms with Gasteiger partial charge in [0.1, 0.15) is 11.5 Å². The van der Waals surface area contributed by atoms with Crippen LogP contribution in [0.25, 0.3) is 0 Å². The second-order valence-electron chi connectivity index (χ2n) is 6.48. The fourth-order valence-corrected chi connectivity index (χ4v) is 3.35. The summed E-state index contributed by atoms with van der Waals surface area (Å²) < 4.78 is 34.0. The summed E-state index contributed by atoms with van der Waals surface area (Å²) in [5, 5.41) is 2.59. The minimum Gasteiger partial charge on any atom is -0.457 e. The molecule has 160 valence electrons. The predicted molar refractivity (Wildman–Crippen MR) is 116 cm³/mol. The van der Waals surface area contributed by atoms with E-state index in [9.17, 15) is 18.0 Å². The molecule has 0 fully saturated rings. The van der Waals surface area contributed by atoms with Gasteiger partial charge in [-0.05, 0) is 48.5 Å². The molecule has 0 radical (unpaired) electrons. The highest BCUT2D eigenvalue weighted by Crippen LogP contribution is 2.25. The minimum atomic E-state index is -3.47. The van der Waals surface area contributed by atoms with Crippen LogP contribution in [0, 0.1) is 0 Å². The number of esters is 1. The largest absolute Gasteiger partial charge is 0.457 e. The van der Waals surface area contributed by atoms with Crippen molar-refractivity contribution in [3.63, 3.8) is 0 Å². The number of rotatable bonds is 7. The van der Waals surface area contributed by atoms with Crippen LogP contribution in [0.3, 0.4) is 0 Å². The topological polar surface area (TPSA) is 98.8 Å². The van der Waals surface area contributed by atoms with E-state index in [2.05, 4.69) is 5.32 Å². The lowest BCUT2D eigenvalue weighted by Gasteiger charge is -2.10. The fourth-order valence-electron chi connectivity index (χ4n) is 2.54. The quantitative estimate of drug-likeness (QED) is 0.528. The van der Waals surface area contributed by atoms with E-state index in [-0.39, 0.29) is 21.2 Å². The molecule has 0 unspecified atom stereocenters. The highest BCUT2D eigenvalue weighted by molar-refractivity contribution is 7.90. The molecule has 31 heavy (non-hydrogen) atoms. The smallest absolute Gasteiger partial charge is 0.338 e. The van der Waals surface area contributed by atoms with Crippen LogP contribution < -0.4 is 10.1 Å². The zero-order valence-corrected chi connectivity index (χ0v) is 17.9. The number of para-hydroxylation sites is 1. The van der Waals surface area contributed by atoms with Crippen molar-refractivity contribution in [3.05, 3.63) is 83.4 Å². The van der Waals surface area contributed by atoms with Gasteiger partial charge in [0.25, 0.3) is 5.91 Å². The molecular weight excluding hydrogens is 442 g/mol. The summed E-state index contributed by atoms with van der Waals surface area (Å²) in [7, 11) is -3.47. The Bertz CT molecular complexity index is 1210. The SMILES string of the molecule is CS(=O)(=O)c1ccc(Cl)c(NC(=O)COC(=O)c2cccc(Oc3ccccc3)c2)c1. The summed E-state index contributed by atoms with van der Waals surface area (Å²) >= 11 is 6.00. The van der Waals surface area contributed by atoms with E-state index in [1.54, 1.807) is 24.3 Å². The molecule has 0 heterocycles. The van der Waals surface area contributed by atoms with Crippen molar-refractivity contribution >= 4 is 39.0 Å². The number of anilines is 1. The van der Waals surface area contributed by atoms with Crippen molar-refractivity contribution < 1.29 is 27.5 Å². The average Bonchev–Trinajstić information content (AvgIpc) is 2.73. The number of carbonyl (C=O) groups is 2. The van der Waals surface area contributed by atoms with E-state index in [0.717, 1.165) is 6.26 Å². The molecule has 3 rings (SSSR count). The molecule has 0 saturated carbocycles. The van der Waals surface area contributed by atoms with Gasteiger partial charge >= 0.3 is 5.97 Å². The summed E-state index contributed by atoms with van der Waals surface area (Å²) in [6.07, 6.45) is 1.04. The van der Waals surface area contributed by atoms with Crippen molar-refractivity contribution in [2.75, 3.05) is 18.2 Å². The molecule has 9 heteroatoms.